The van der Waals surface area contributed by atoms with Crippen molar-refractivity contribution in [2.75, 3.05) is 12.0 Å². The van der Waals surface area contributed by atoms with Crippen molar-refractivity contribution in [1.82, 2.24) is 4.98 Å². The summed E-state index contributed by atoms with van der Waals surface area (Å²) in [6.45, 7) is 1.55. The molecule has 106 valence electrons. The highest BCUT2D eigenvalue weighted by molar-refractivity contribution is 7.96. The third-order valence-electron chi connectivity index (χ3n) is 3.16. The van der Waals surface area contributed by atoms with E-state index in [0.29, 0.717) is 34.4 Å². The molecule has 1 aromatic heterocycles. The van der Waals surface area contributed by atoms with Gasteiger partial charge in [-0.25, -0.2) is 0 Å². The first-order valence-corrected chi connectivity index (χ1v) is 8.25. The monoisotopic (exact) mass is 291 g/mol. The summed E-state index contributed by atoms with van der Waals surface area (Å²) in [5, 5.41) is 13.0. The Bertz CT molecular complexity index is 693. The van der Waals surface area contributed by atoms with Gasteiger partial charge in [0.2, 0.25) is 4.90 Å². The Morgan fingerprint density at radius 2 is 2.05 bits per heavy atom. The Kier molecular flexibility index (Phi) is 4.49. The molecule has 0 bridgehead atoms. The molecule has 5 heteroatoms. The molecule has 0 aliphatic carbocycles. The van der Waals surface area contributed by atoms with Gasteiger partial charge in [0.15, 0.2) is 0 Å². The van der Waals surface area contributed by atoms with Crippen LogP contribution in [0, 0.1) is 0 Å². The third kappa shape index (κ3) is 3.04. The van der Waals surface area contributed by atoms with Crippen LogP contribution in [-0.2, 0) is 15.7 Å². The number of fused-ring (bicyclic) bond motifs is 1. The number of benzene rings is 1. The van der Waals surface area contributed by atoms with E-state index in [0.717, 1.165) is 0 Å². The van der Waals surface area contributed by atoms with Crippen LogP contribution >= 0.6 is 0 Å². The summed E-state index contributed by atoms with van der Waals surface area (Å²) in [6.07, 6.45) is 3.10. The molecule has 0 amide bonds. The van der Waals surface area contributed by atoms with E-state index in [4.69, 9.17) is 0 Å². The molecule has 0 aliphatic rings. The number of pyridine rings is 1. The number of para-hydroxylation sites is 1. The van der Waals surface area contributed by atoms with Gasteiger partial charge in [0, 0.05) is 22.8 Å². The van der Waals surface area contributed by atoms with Gasteiger partial charge < -0.3 is 14.9 Å². The van der Waals surface area contributed by atoms with Crippen molar-refractivity contribution in [3.8, 4) is 5.75 Å². The molecule has 0 saturated heterocycles. The largest absolute Gasteiger partial charge is 0.868 e. The summed E-state index contributed by atoms with van der Waals surface area (Å²) in [4.78, 5) is 26.1. The van der Waals surface area contributed by atoms with E-state index in [1.165, 1.54) is 0 Å². The maximum atomic E-state index is 12.4. The molecule has 1 unspecified atom stereocenters. The van der Waals surface area contributed by atoms with Gasteiger partial charge in [0.05, 0.1) is 0 Å². The number of carbonyl (C=O) groups is 1. The molecule has 0 saturated carbocycles. The number of H-pyrrole nitrogens is 1. The summed E-state index contributed by atoms with van der Waals surface area (Å²) in [7, 11) is -0.437. The van der Waals surface area contributed by atoms with Gasteiger partial charge in [0.25, 0.3) is 0 Å². The number of carbonyl (C=O) groups excluding carboxylic acids is 1. The van der Waals surface area contributed by atoms with Crippen molar-refractivity contribution in [2.45, 2.75) is 24.7 Å². The first-order valence-electron chi connectivity index (χ1n) is 6.44. The van der Waals surface area contributed by atoms with Gasteiger partial charge in [-0.15, -0.1) is 0 Å². The van der Waals surface area contributed by atoms with Crippen LogP contribution in [-0.4, -0.2) is 22.8 Å². The molecule has 0 aliphatic heterocycles. The number of nitrogens with one attached hydrogen (secondary N) is 1. The van der Waals surface area contributed by atoms with Crippen molar-refractivity contribution >= 4 is 27.6 Å². The molecule has 4 nitrogen and oxygen atoms in total. The Morgan fingerprint density at radius 3 is 2.75 bits per heavy atom. The smallest absolute Gasteiger partial charge is 0.303 e. The third-order valence-corrected chi connectivity index (χ3v) is 5.13. The van der Waals surface area contributed by atoms with Crippen molar-refractivity contribution in [2.24, 2.45) is 0 Å². The number of aromatic amines is 1. The minimum absolute atomic E-state index is 0.136. The molecule has 0 radical (unpaired) electrons. The summed E-state index contributed by atoms with van der Waals surface area (Å²) < 4.78 is 0. The maximum absolute atomic E-state index is 12.4. The topological polar surface area (TPSA) is 73.0 Å². The summed E-state index contributed by atoms with van der Waals surface area (Å²) in [5.41, 5.74) is 0.273. The zero-order valence-electron chi connectivity index (χ0n) is 11.6. The highest BCUT2D eigenvalue weighted by Crippen LogP contribution is 2.26. The number of hydrogen-bond donors (Lipinski definition) is 1. The normalized spacial score (nSPS) is 12.5. The van der Waals surface area contributed by atoms with E-state index in [1.54, 1.807) is 31.2 Å². The quantitative estimate of drug-likeness (QED) is 0.850. The van der Waals surface area contributed by atoms with Crippen molar-refractivity contribution < 1.29 is 9.90 Å². The fraction of sp³-hybridized carbons (Fsp3) is 0.333. The highest BCUT2D eigenvalue weighted by Gasteiger charge is 2.22. The summed E-state index contributed by atoms with van der Waals surface area (Å²) in [5.74, 6) is 0.644. The molecule has 20 heavy (non-hydrogen) atoms. The second-order valence-electron chi connectivity index (χ2n) is 4.80. The zero-order valence-corrected chi connectivity index (χ0v) is 12.4. The number of aromatic nitrogens is 1. The Hall–Kier alpha value is -1.75. The lowest BCUT2D eigenvalue weighted by molar-refractivity contribution is -0.270. The van der Waals surface area contributed by atoms with Gasteiger partial charge >= 0.3 is 5.56 Å². The lowest BCUT2D eigenvalue weighted by atomic mass is 10.2. The van der Waals surface area contributed by atoms with Gasteiger partial charge in [-0.1, -0.05) is 18.2 Å². The van der Waals surface area contributed by atoms with Crippen LogP contribution in [0.3, 0.4) is 0 Å². The van der Waals surface area contributed by atoms with Crippen LogP contribution in [0.1, 0.15) is 19.8 Å². The second kappa shape index (κ2) is 6.13. The number of ketones is 1. The van der Waals surface area contributed by atoms with Gasteiger partial charge in [0.1, 0.15) is 17.8 Å². The SMILES string of the molecule is CC(=O)CCC[S+](C)c1c([O-])c2ccccc2[nH]c1=O. The lowest BCUT2D eigenvalue weighted by Gasteiger charge is -2.14. The van der Waals surface area contributed by atoms with Crippen LogP contribution in [0.2, 0.25) is 0 Å². The minimum atomic E-state index is -0.437. The first-order chi connectivity index (χ1) is 9.50. The fourth-order valence-electron chi connectivity index (χ4n) is 2.15. The molecule has 2 aromatic rings. The van der Waals surface area contributed by atoms with Crippen LogP contribution in [0.25, 0.3) is 10.9 Å². The Morgan fingerprint density at radius 1 is 1.35 bits per heavy atom. The molecule has 0 spiro atoms. The van der Waals surface area contributed by atoms with Crippen LogP contribution < -0.4 is 10.7 Å². The van der Waals surface area contributed by atoms with E-state index in [2.05, 4.69) is 4.98 Å². The average molecular weight is 291 g/mol. The first kappa shape index (κ1) is 14.7. The van der Waals surface area contributed by atoms with Gasteiger partial charge in [-0.2, -0.15) is 0 Å². The molecular formula is C15H17NO3S. The number of hydrogen-bond acceptors (Lipinski definition) is 3. The fourth-order valence-corrected chi connectivity index (χ4v) is 3.73. The van der Waals surface area contributed by atoms with Crippen LogP contribution in [0.15, 0.2) is 34.0 Å². The standard InChI is InChI=1S/C15H17NO3S/c1-10(17)6-5-9-20(2)14-13(18)11-7-3-4-8-12(11)16-15(14)19/h3-4,7-8H,5-6,9H2,1-2H3,(H-,16,18,19). The van der Waals surface area contributed by atoms with E-state index < -0.39 is 10.9 Å². The lowest BCUT2D eigenvalue weighted by Crippen LogP contribution is -2.22. The summed E-state index contributed by atoms with van der Waals surface area (Å²) in [6, 6.07) is 7.03. The second-order valence-corrected chi connectivity index (χ2v) is 6.90. The van der Waals surface area contributed by atoms with Crippen molar-refractivity contribution in [3.05, 3.63) is 34.6 Å². The molecule has 1 aromatic carbocycles. The van der Waals surface area contributed by atoms with Crippen molar-refractivity contribution in [1.29, 1.82) is 0 Å². The molecule has 0 fully saturated rings. The van der Waals surface area contributed by atoms with E-state index >= 15 is 0 Å². The van der Waals surface area contributed by atoms with E-state index in [9.17, 15) is 14.7 Å². The average Bonchev–Trinajstić information content (AvgIpc) is 2.38. The molecule has 2 rings (SSSR count). The molecule has 1 heterocycles. The molecular weight excluding hydrogens is 274 g/mol. The number of rotatable bonds is 5. The Balaban J connectivity index is 2.33. The van der Waals surface area contributed by atoms with Crippen LogP contribution in [0.5, 0.6) is 5.75 Å². The number of Topliss-reactive ketones (excluding diaryl/α,β-unsaturated/α-hetero) is 1. The Labute approximate surface area is 120 Å². The highest BCUT2D eigenvalue weighted by atomic mass is 32.2. The predicted molar refractivity (Wildman–Crippen MR) is 80.4 cm³/mol. The summed E-state index contributed by atoms with van der Waals surface area (Å²) >= 11 is 0. The van der Waals surface area contributed by atoms with Crippen LogP contribution in [0.4, 0.5) is 0 Å². The van der Waals surface area contributed by atoms with E-state index in [-0.39, 0.29) is 17.1 Å². The van der Waals surface area contributed by atoms with Crippen molar-refractivity contribution in [3.63, 3.8) is 0 Å². The van der Waals surface area contributed by atoms with Gasteiger partial charge in [-0.3, -0.25) is 4.79 Å². The molecule has 1 atom stereocenters. The van der Waals surface area contributed by atoms with E-state index in [1.807, 2.05) is 6.26 Å². The predicted octanol–water partition coefficient (Wildman–Crippen LogP) is 1.58. The zero-order chi connectivity index (χ0) is 14.7. The molecule has 1 N–H and O–H groups in total. The minimum Gasteiger partial charge on any atom is -0.868 e. The maximum Gasteiger partial charge on any atom is 0.303 e. The van der Waals surface area contributed by atoms with Gasteiger partial charge in [-0.05, 0) is 30.5 Å².